The zero-order valence-electron chi connectivity index (χ0n) is 2.50. The molecule has 0 amide bonds. The molecule has 0 aliphatic carbocycles. The summed E-state index contributed by atoms with van der Waals surface area (Å²) in [6, 6.07) is 0. The van der Waals surface area contributed by atoms with Gasteiger partial charge in [0.05, 0.1) is 0 Å². The fourth-order valence-electron chi connectivity index (χ4n) is 0. The van der Waals surface area contributed by atoms with Gasteiger partial charge >= 0.3 is 0 Å². The summed E-state index contributed by atoms with van der Waals surface area (Å²) < 4.78 is 0. The molecule has 0 heterocycles. The van der Waals surface area contributed by atoms with E-state index in [0.717, 1.165) is 0 Å². The second-order valence-corrected chi connectivity index (χ2v) is 0. The number of hydrogen-bond donors (Lipinski definition) is 0. The van der Waals surface area contributed by atoms with Gasteiger partial charge in [0, 0.05) is 0 Å². The molecule has 0 unspecified atom stereocenters. The minimum absolute atomic E-state index is 0. The van der Waals surface area contributed by atoms with Gasteiger partial charge in [-0.15, -0.1) is 0 Å². The first-order chi connectivity index (χ1) is 1.00. The Balaban J connectivity index is -0.00000000500. The van der Waals surface area contributed by atoms with Crippen LogP contribution in [-0.4, -0.2) is 5.48 Å². The van der Waals surface area contributed by atoms with Gasteiger partial charge in [-0.2, -0.15) is 0 Å². The van der Waals surface area contributed by atoms with Crippen molar-refractivity contribution in [3.8, 4) is 0 Å². The third kappa shape index (κ3) is 1130. The van der Waals surface area contributed by atoms with Gasteiger partial charge in [0.25, 0.3) is 0 Å². The molecule has 0 aliphatic rings. The smallest absolute Gasteiger partial charge is 0.0683 e. The van der Waals surface area contributed by atoms with Crippen molar-refractivity contribution in [1.82, 2.24) is 0 Å². The summed E-state index contributed by atoms with van der Waals surface area (Å²) in [4.78, 5) is 0. The minimum Gasteiger partial charge on any atom is -0.412 e. The van der Waals surface area contributed by atoms with Crippen LogP contribution >= 0.6 is 0 Å². The molecule has 0 spiro atoms. The Kier molecular flexibility index (Phi) is 66900. The van der Waals surface area contributed by atoms with Crippen molar-refractivity contribution < 1.29 is 5.48 Å². The van der Waals surface area contributed by atoms with Gasteiger partial charge in [0.2, 0.25) is 0 Å². The molecule has 0 aromatic heterocycles. The standard InChI is InChI=1S/C2H6.CH4.H2O/c1-2;;/h1-2H3;1H4;1H2. The zero-order chi connectivity index (χ0) is 2.00. The highest BCUT2D eigenvalue weighted by atomic mass is 16.0. The second-order valence-electron chi connectivity index (χ2n) is 0. The molecule has 30 valence electrons. The summed E-state index contributed by atoms with van der Waals surface area (Å²) in [5.41, 5.74) is 0. The van der Waals surface area contributed by atoms with Crippen LogP contribution in [0.15, 0.2) is 0 Å². The average Bonchev–Trinajstić information content (AvgIpc) is 1.00. The molecule has 0 aromatic carbocycles. The second kappa shape index (κ2) is 7110. The quantitative estimate of drug-likeness (QED) is 0.399. The molecule has 4 heavy (non-hydrogen) atoms. The molecule has 0 rings (SSSR count). The molecule has 1 nitrogen and oxygen atoms in total. The highest BCUT2D eigenvalue weighted by Crippen LogP contribution is 1.14. The molecule has 0 aromatic rings. The molecule has 0 fully saturated rings. The lowest BCUT2D eigenvalue weighted by atomic mass is 11.0. The summed E-state index contributed by atoms with van der Waals surface area (Å²) in [6.45, 7) is 4.00. The normalized spacial score (nSPS) is 1.50. The third-order valence-electron chi connectivity index (χ3n) is 0. The lowest BCUT2D eigenvalue weighted by molar-refractivity contribution is 0.824. The molecule has 0 saturated heterocycles. The largest absolute Gasteiger partial charge is 0.412 e. The molecule has 0 saturated carbocycles. The molecular formula is C3H12O. The van der Waals surface area contributed by atoms with E-state index in [0.29, 0.717) is 0 Å². The van der Waals surface area contributed by atoms with E-state index in [4.69, 9.17) is 0 Å². The van der Waals surface area contributed by atoms with Crippen LogP contribution in [0.3, 0.4) is 0 Å². The maximum atomic E-state index is 2.00. The van der Waals surface area contributed by atoms with Crippen LogP contribution in [-0.2, 0) is 0 Å². The monoisotopic (exact) mass is 64.1 g/mol. The average molecular weight is 64.1 g/mol. The van der Waals surface area contributed by atoms with Crippen LogP contribution in [0.25, 0.3) is 0 Å². The first kappa shape index (κ1) is 37.6. The molecule has 0 aliphatic heterocycles. The van der Waals surface area contributed by atoms with Crippen molar-refractivity contribution >= 4 is 0 Å². The summed E-state index contributed by atoms with van der Waals surface area (Å²) in [6.07, 6.45) is 0. The van der Waals surface area contributed by atoms with Crippen molar-refractivity contribution in [1.29, 1.82) is 0 Å². The molecule has 0 atom stereocenters. The van der Waals surface area contributed by atoms with Gasteiger partial charge in [0.15, 0.2) is 0 Å². The summed E-state index contributed by atoms with van der Waals surface area (Å²) in [5, 5.41) is 0. The van der Waals surface area contributed by atoms with Crippen LogP contribution in [0.1, 0.15) is 21.3 Å². The first-order valence-electron chi connectivity index (χ1n) is 1.00. The van der Waals surface area contributed by atoms with Gasteiger partial charge in [-0.1, -0.05) is 21.3 Å². The lowest BCUT2D eigenvalue weighted by Gasteiger charge is -1.07. The first-order valence-corrected chi connectivity index (χ1v) is 1.00. The number of hydrogen-bond acceptors (Lipinski definition) is 0. The fourth-order valence-corrected chi connectivity index (χ4v) is 0. The zero-order valence-corrected chi connectivity index (χ0v) is 2.50. The van der Waals surface area contributed by atoms with E-state index in [1.54, 1.807) is 0 Å². The van der Waals surface area contributed by atoms with E-state index in [2.05, 4.69) is 0 Å². The summed E-state index contributed by atoms with van der Waals surface area (Å²) in [7, 11) is 0. The molecule has 0 bridgehead atoms. The van der Waals surface area contributed by atoms with E-state index in [1.165, 1.54) is 0 Å². The van der Waals surface area contributed by atoms with Crippen LogP contribution in [0.5, 0.6) is 0 Å². The van der Waals surface area contributed by atoms with E-state index in [9.17, 15) is 0 Å². The Morgan fingerprint density at radius 1 is 1.00 bits per heavy atom. The topological polar surface area (TPSA) is 31.5 Å². The lowest BCUT2D eigenvalue weighted by Crippen LogP contribution is -0.856. The molecule has 2 N–H and O–H groups in total. The van der Waals surface area contributed by atoms with E-state index >= 15 is 0 Å². The van der Waals surface area contributed by atoms with Crippen molar-refractivity contribution in [2.75, 3.05) is 0 Å². The van der Waals surface area contributed by atoms with Crippen molar-refractivity contribution in [2.24, 2.45) is 0 Å². The number of rotatable bonds is 0. The SMILES string of the molecule is C.CC.O. The van der Waals surface area contributed by atoms with Crippen molar-refractivity contribution in [3.63, 3.8) is 0 Å². The minimum atomic E-state index is 0. The molecule has 0 radical (unpaired) electrons. The van der Waals surface area contributed by atoms with Gasteiger partial charge in [-0.3, -0.25) is 0 Å². The highest BCUT2D eigenvalue weighted by molar-refractivity contribution is 3.50. The Morgan fingerprint density at radius 3 is 1.00 bits per heavy atom. The maximum absolute atomic E-state index is 2.00. The van der Waals surface area contributed by atoms with Gasteiger partial charge in [0.1, 0.15) is 0 Å². The summed E-state index contributed by atoms with van der Waals surface area (Å²) >= 11 is 0. The predicted molar refractivity (Wildman–Crippen MR) is 21.7 cm³/mol. The van der Waals surface area contributed by atoms with Crippen LogP contribution in [0, 0.1) is 0 Å². The summed E-state index contributed by atoms with van der Waals surface area (Å²) in [5.74, 6) is 0. The third-order valence-corrected chi connectivity index (χ3v) is 0. The Hall–Kier alpha value is -0.0400. The highest BCUT2D eigenvalue weighted by Gasteiger charge is 0.932. The Labute approximate surface area is 28.0 Å². The van der Waals surface area contributed by atoms with Gasteiger partial charge in [-0.05, 0) is 0 Å². The van der Waals surface area contributed by atoms with E-state index in [1.807, 2.05) is 13.8 Å². The van der Waals surface area contributed by atoms with E-state index < -0.39 is 0 Å². The van der Waals surface area contributed by atoms with Crippen LogP contribution in [0.4, 0.5) is 0 Å². The Morgan fingerprint density at radius 2 is 1.00 bits per heavy atom. The van der Waals surface area contributed by atoms with Crippen LogP contribution in [0.2, 0.25) is 0 Å². The molecular weight excluding hydrogens is 52.0 g/mol. The molecule has 1 heteroatoms. The fraction of sp³-hybridized carbons (Fsp3) is 1.00. The predicted octanol–water partition coefficient (Wildman–Crippen LogP) is 0.838. The van der Waals surface area contributed by atoms with E-state index in [-0.39, 0.29) is 12.9 Å². The van der Waals surface area contributed by atoms with Crippen molar-refractivity contribution in [2.45, 2.75) is 21.3 Å². The van der Waals surface area contributed by atoms with Crippen molar-refractivity contribution in [3.05, 3.63) is 0 Å². The maximum Gasteiger partial charge on any atom is -0.0683 e. The van der Waals surface area contributed by atoms with Gasteiger partial charge < -0.3 is 5.48 Å². The Bertz CT molecular complexity index is 3.25. The van der Waals surface area contributed by atoms with Crippen LogP contribution < -0.4 is 0 Å². The van der Waals surface area contributed by atoms with Gasteiger partial charge in [-0.25, -0.2) is 0 Å².